The third-order valence-corrected chi connectivity index (χ3v) is 5.16. The average Bonchev–Trinajstić information content (AvgIpc) is 2.78. The Bertz CT molecular complexity index is 1380. The molecule has 7 nitrogen and oxygen atoms in total. The lowest BCUT2D eigenvalue weighted by Gasteiger charge is -2.20. The number of ether oxygens (including phenoxy) is 4. The molecule has 7 heteroatoms. The van der Waals surface area contributed by atoms with Crippen molar-refractivity contribution >= 4 is 39.5 Å². The second-order valence-corrected chi connectivity index (χ2v) is 7.57. The quantitative estimate of drug-likeness (QED) is 0.223. The molecule has 0 spiro atoms. The lowest BCUT2D eigenvalue weighted by Crippen LogP contribution is -2.08. The lowest BCUT2D eigenvalue weighted by atomic mass is 9.90. The Morgan fingerprint density at radius 3 is 1.62 bits per heavy atom. The molecule has 0 saturated carbocycles. The number of fused-ring (bicyclic) bond motifs is 2. The first-order chi connectivity index (χ1) is 16.3. The molecule has 0 amide bonds. The van der Waals surface area contributed by atoms with Gasteiger partial charge in [0, 0.05) is 20.8 Å². The van der Waals surface area contributed by atoms with Gasteiger partial charge in [-0.05, 0) is 46.2 Å². The zero-order valence-electron chi connectivity index (χ0n) is 19.1. The summed E-state index contributed by atoms with van der Waals surface area (Å²) < 4.78 is 22.1. The second-order valence-electron chi connectivity index (χ2n) is 7.57. The van der Waals surface area contributed by atoms with Crippen LogP contribution >= 0.6 is 0 Å². The number of rotatable bonds is 5. The van der Waals surface area contributed by atoms with Crippen molar-refractivity contribution in [2.45, 2.75) is 20.8 Å². The van der Waals surface area contributed by atoms with Crippen LogP contribution in [0.15, 0.2) is 60.7 Å². The smallest absolute Gasteiger partial charge is 0.308 e. The number of carbonyl (C=O) groups excluding carboxylic acids is 3. The molecule has 172 valence electrons. The largest absolute Gasteiger partial charge is 0.497 e. The molecule has 0 aliphatic carbocycles. The number of hydrogen-bond acceptors (Lipinski definition) is 7. The molecular formula is C27H22O7. The fourth-order valence-corrected chi connectivity index (χ4v) is 4.03. The monoisotopic (exact) mass is 458 g/mol. The molecule has 4 aromatic carbocycles. The summed E-state index contributed by atoms with van der Waals surface area (Å²) in [4.78, 5) is 35.9. The van der Waals surface area contributed by atoms with E-state index in [1.807, 2.05) is 36.4 Å². The van der Waals surface area contributed by atoms with Gasteiger partial charge < -0.3 is 18.9 Å². The van der Waals surface area contributed by atoms with Gasteiger partial charge in [-0.15, -0.1) is 0 Å². The molecule has 0 aromatic heterocycles. The van der Waals surface area contributed by atoms with Gasteiger partial charge in [0.05, 0.1) is 17.9 Å². The highest BCUT2D eigenvalue weighted by molar-refractivity contribution is 6.21. The summed E-state index contributed by atoms with van der Waals surface area (Å²) in [6.45, 7) is 3.85. The first-order valence-electron chi connectivity index (χ1n) is 10.5. The van der Waals surface area contributed by atoms with Crippen LogP contribution in [0.3, 0.4) is 0 Å². The van der Waals surface area contributed by atoms with E-state index in [-0.39, 0.29) is 17.2 Å². The Labute approximate surface area is 195 Å². The van der Waals surface area contributed by atoms with Crippen molar-refractivity contribution < 1.29 is 33.3 Å². The molecule has 0 unspecified atom stereocenters. The minimum absolute atomic E-state index is 0.137. The fraction of sp³-hybridized carbons (Fsp3) is 0.148. The Morgan fingerprint density at radius 2 is 1.15 bits per heavy atom. The predicted octanol–water partition coefficient (Wildman–Crippen LogP) is 5.44. The summed E-state index contributed by atoms with van der Waals surface area (Å²) in [5.41, 5.74) is 1.58. The third-order valence-electron chi connectivity index (χ3n) is 5.16. The Balaban J connectivity index is 2.27. The molecule has 0 radical (unpaired) electrons. The van der Waals surface area contributed by atoms with Gasteiger partial charge in [-0.2, -0.15) is 0 Å². The van der Waals surface area contributed by atoms with E-state index in [0.717, 1.165) is 11.1 Å². The molecule has 0 heterocycles. The van der Waals surface area contributed by atoms with Crippen LogP contribution in [0, 0.1) is 0 Å². The summed E-state index contributed by atoms with van der Waals surface area (Å²) in [5, 5.41) is 2.15. The van der Waals surface area contributed by atoms with Crippen LogP contribution in [0.4, 0.5) is 0 Å². The normalized spacial score (nSPS) is 10.7. The topological polar surface area (TPSA) is 88.1 Å². The molecule has 0 N–H and O–H groups in total. The SMILES string of the molecule is COc1cccc(-c2c3cccc(OC(C)=O)c3c(OC(C)=O)c3c(OC(C)=O)cccc23)c1. The Morgan fingerprint density at radius 1 is 0.647 bits per heavy atom. The second kappa shape index (κ2) is 9.23. The van der Waals surface area contributed by atoms with Crippen LogP contribution in [0.1, 0.15) is 20.8 Å². The van der Waals surface area contributed by atoms with Crippen LogP contribution in [-0.2, 0) is 14.4 Å². The molecule has 4 rings (SSSR count). The number of esters is 3. The van der Waals surface area contributed by atoms with Crippen LogP contribution in [0.25, 0.3) is 32.7 Å². The minimum atomic E-state index is -0.577. The van der Waals surface area contributed by atoms with E-state index in [4.69, 9.17) is 18.9 Å². The third kappa shape index (κ3) is 4.28. The number of hydrogen-bond donors (Lipinski definition) is 0. The van der Waals surface area contributed by atoms with Crippen LogP contribution in [0.5, 0.6) is 23.0 Å². The highest BCUT2D eigenvalue weighted by Crippen LogP contribution is 2.49. The molecule has 4 aromatic rings. The summed E-state index contributed by atoms with van der Waals surface area (Å²) in [6.07, 6.45) is 0. The van der Waals surface area contributed by atoms with E-state index in [0.29, 0.717) is 27.3 Å². The first-order valence-corrected chi connectivity index (χ1v) is 10.5. The summed E-state index contributed by atoms with van der Waals surface area (Å²) in [7, 11) is 1.58. The Hall–Kier alpha value is -4.39. The first kappa shape index (κ1) is 22.8. The zero-order valence-corrected chi connectivity index (χ0v) is 19.1. The van der Waals surface area contributed by atoms with Crippen molar-refractivity contribution in [2.24, 2.45) is 0 Å². The number of benzene rings is 4. The van der Waals surface area contributed by atoms with Crippen LogP contribution in [-0.4, -0.2) is 25.0 Å². The summed E-state index contributed by atoms with van der Waals surface area (Å²) in [5.74, 6) is -0.426. The highest BCUT2D eigenvalue weighted by Gasteiger charge is 2.24. The summed E-state index contributed by atoms with van der Waals surface area (Å²) in [6, 6.07) is 17.9. The van der Waals surface area contributed by atoms with Gasteiger partial charge in [0.25, 0.3) is 0 Å². The van der Waals surface area contributed by atoms with E-state index in [1.54, 1.807) is 31.4 Å². The van der Waals surface area contributed by atoms with Crippen molar-refractivity contribution in [1.29, 1.82) is 0 Å². The van der Waals surface area contributed by atoms with Crippen LogP contribution < -0.4 is 18.9 Å². The highest BCUT2D eigenvalue weighted by atomic mass is 16.6. The molecule has 0 saturated heterocycles. The molecule has 0 fully saturated rings. The van der Waals surface area contributed by atoms with Crippen molar-refractivity contribution in [2.75, 3.05) is 7.11 Å². The fourth-order valence-electron chi connectivity index (χ4n) is 4.03. The molecule has 0 atom stereocenters. The van der Waals surface area contributed by atoms with E-state index >= 15 is 0 Å². The van der Waals surface area contributed by atoms with Gasteiger partial charge in [0.1, 0.15) is 17.2 Å². The van der Waals surface area contributed by atoms with Crippen molar-refractivity contribution in [3.63, 3.8) is 0 Å². The van der Waals surface area contributed by atoms with Gasteiger partial charge in [-0.25, -0.2) is 0 Å². The van der Waals surface area contributed by atoms with Gasteiger partial charge in [-0.3, -0.25) is 14.4 Å². The maximum atomic E-state index is 12.2. The molecule has 34 heavy (non-hydrogen) atoms. The van der Waals surface area contributed by atoms with Gasteiger partial charge in [0.15, 0.2) is 5.75 Å². The van der Waals surface area contributed by atoms with Gasteiger partial charge in [-0.1, -0.05) is 36.4 Å². The molecule has 0 aliphatic rings. The molecule has 0 bridgehead atoms. The maximum absolute atomic E-state index is 12.2. The van der Waals surface area contributed by atoms with Crippen molar-refractivity contribution in [3.05, 3.63) is 60.7 Å². The van der Waals surface area contributed by atoms with Crippen molar-refractivity contribution in [3.8, 4) is 34.1 Å². The standard InChI is InChI=1S/C27H22O7/c1-15(28)32-22-12-6-10-20-24(18-8-5-9-19(14-18)31-4)21-11-7-13-23(33-16(2)29)26(21)27(25(20)22)34-17(3)30/h5-14H,1-4H3. The molecule has 0 aliphatic heterocycles. The van der Waals surface area contributed by atoms with Gasteiger partial charge in [0.2, 0.25) is 0 Å². The van der Waals surface area contributed by atoms with E-state index in [2.05, 4.69) is 0 Å². The van der Waals surface area contributed by atoms with E-state index in [9.17, 15) is 14.4 Å². The number of methoxy groups -OCH3 is 1. The summed E-state index contributed by atoms with van der Waals surface area (Å²) >= 11 is 0. The Kier molecular flexibility index (Phi) is 6.19. The maximum Gasteiger partial charge on any atom is 0.308 e. The van der Waals surface area contributed by atoms with Crippen molar-refractivity contribution in [1.82, 2.24) is 0 Å². The molecular weight excluding hydrogens is 436 g/mol. The zero-order chi connectivity index (χ0) is 24.4. The van der Waals surface area contributed by atoms with Gasteiger partial charge >= 0.3 is 17.9 Å². The predicted molar refractivity (Wildman–Crippen MR) is 127 cm³/mol. The van der Waals surface area contributed by atoms with E-state index in [1.165, 1.54) is 20.8 Å². The average molecular weight is 458 g/mol. The number of carbonyl (C=O) groups is 3. The van der Waals surface area contributed by atoms with E-state index < -0.39 is 17.9 Å². The lowest BCUT2D eigenvalue weighted by molar-refractivity contribution is -0.132. The van der Waals surface area contributed by atoms with Crippen LogP contribution in [0.2, 0.25) is 0 Å². The minimum Gasteiger partial charge on any atom is -0.497 e.